The first-order valence-corrected chi connectivity index (χ1v) is 9.38. The zero-order valence-electron chi connectivity index (χ0n) is 12.1. The van der Waals surface area contributed by atoms with E-state index in [2.05, 4.69) is 6.55 Å². The quantitative estimate of drug-likeness (QED) is 0.429. The lowest BCUT2D eigenvalue weighted by Gasteiger charge is -2.25. The molecule has 0 saturated heterocycles. The first-order chi connectivity index (χ1) is 9.09. The Hall–Kier alpha value is -1.04. The zero-order valence-corrected chi connectivity index (χ0v) is 13.1. The van der Waals surface area contributed by atoms with Crippen molar-refractivity contribution in [3.63, 3.8) is 0 Å². The Kier molecular flexibility index (Phi) is 6.90. The van der Waals surface area contributed by atoms with Crippen LogP contribution in [0.25, 0.3) is 0 Å². The molecule has 0 atom stereocenters. The van der Waals surface area contributed by atoms with Gasteiger partial charge in [0.2, 0.25) is 0 Å². The molecule has 108 valence electrons. The molecule has 0 heterocycles. The average Bonchev–Trinajstić information content (AvgIpc) is 2.35. The molecule has 0 aliphatic heterocycles. The summed E-state index contributed by atoms with van der Waals surface area (Å²) in [6.07, 6.45) is 0.928. The van der Waals surface area contributed by atoms with Crippen molar-refractivity contribution in [2.24, 2.45) is 0 Å². The van der Waals surface area contributed by atoms with Crippen molar-refractivity contribution in [1.82, 2.24) is 0 Å². The first-order valence-electron chi connectivity index (χ1n) is 6.86. The predicted molar refractivity (Wildman–Crippen MR) is 80.6 cm³/mol. The molecule has 0 amide bonds. The number of ether oxygens (including phenoxy) is 1. The maximum atomic E-state index is 5.78. The van der Waals surface area contributed by atoms with E-state index in [1.807, 2.05) is 38.1 Å². The SMILES string of the molecule is CCO[Si](C)(CCCOc1cccc(N)c1)OCC. The van der Waals surface area contributed by atoms with Crippen molar-refractivity contribution in [1.29, 1.82) is 0 Å². The normalized spacial score (nSPS) is 11.5. The highest BCUT2D eigenvalue weighted by Gasteiger charge is 2.29. The van der Waals surface area contributed by atoms with E-state index in [0.29, 0.717) is 19.8 Å². The zero-order chi connectivity index (χ0) is 14.1. The van der Waals surface area contributed by atoms with E-state index in [0.717, 1.165) is 23.9 Å². The molecule has 0 fully saturated rings. The van der Waals surface area contributed by atoms with Crippen molar-refractivity contribution in [3.05, 3.63) is 24.3 Å². The summed E-state index contributed by atoms with van der Waals surface area (Å²) in [5.74, 6) is 0.816. The number of hydrogen-bond donors (Lipinski definition) is 1. The Bertz CT molecular complexity index is 367. The van der Waals surface area contributed by atoms with Gasteiger partial charge in [0.1, 0.15) is 5.75 Å². The summed E-state index contributed by atoms with van der Waals surface area (Å²) >= 11 is 0. The third-order valence-corrected chi connectivity index (χ3v) is 5.86. The minimum atomic E-state index is -2.00. The van der Waals surface area contributed by atoms with Crippen LogP contribution in [0.1, 0.15) is 20.3 Å². The topological polar surface area (TPSA) is 53.7 Å². The molecular weight excluding hydrogens is 258 g/mol. The molecule has 1 aromatic rings. The number of anilines is 1. The molecule has 1 rings (SSSR count). The second kappa shape index (κ2) is 8.19. The van der Waals surface area contributed by atoms with Gasteiger partial charge < -0.3 is 19.3 Å². The molecule has 19 heavy (non-hydrogen) atoms. The average molecular weight is 283 g/mol. The fourth-order valence-electron chi connectivity index (χ4n) is 1.98. The lowest BCUT2D eigenvalue weighted by atomic mass is 10.3. The summed E-state index contributed by atoms with van der Waals surface area (Å²) in [7, 11) is -2.00. The molecule has 0 aromatic heterocycles. The van der Waals surface area contributed by atoms with Gasteiger partial charge >= 0.3 is 8.56 Å². The van der Waals surface area contributed by atoms with Crippen LogP contribution in [-0.2, 0) is 8.85 Å². The highest BCUT2D eigenvalue weighted by molar-refractivity contribution is 6.66. The van der Waals surface area contributed by atoms with E-state index < -0.39 is 8.56 Å². The summed E-state index contributed by atoms with van der Waals surface area (Å²) in [6, 6.07) is 8.43. The molecule has 0 aliphatic carbocycles. The van der Waals surface area contributed by atoms with Crippen LogP contribution >= 0.6 is 0 Å². The smallest absolute Gasteiger partial charge is 0.335 e. The molecule has 4 nitrogen and oxygen atoms in total. The van der Waals surface area contributed by atoms with Gasteiger partial charge in [0.05, 0.1) is 6.61 Å². The maximum absolute atomic E-state index is 5.78. The van der Waals surface area contributed by atoms with Gasteiger partial charge in [-0.05, 0) is 45.0 Å². The lowest BCUT2D eigenvalue weighted by molar-refractivity contribution is 0.185. The van der Waals surface area contributed by atoms with Gasteiger partial charge in [-0.3, -0.25) is 0 Å². The van der Waals surface area contributed by atoms with Gasteiger partial charge in [0.25, 0.3) is 0 Å². The van der Waals surface area contributed by atoms with E-state index in [4.69, 9.17) is 19.3 Å². The third-order valence-electron chi connectivity index (χ3n) is 2.80. The summed E-state index contributed by atoms with van der Waals surface area (Å²) < 4.78 is 17.2. The number of hydrogen-bond acceptors (Lipinski definition) is 4. The van der Waals surface area contributed by atoms with Crippen molar-refractivity contribution >= 4 is 14.2 Å². The van der Waals surface area contributed by atoms with Crippen LogP contribution in [0.5, 0.6) is 5.75 Å². The standard InChI is InChI=1S/C14H25NO3Si/c1-4-17-19(3,18-5-2)11-7-10-16-14-9-6-8-13(15)12-14/h6,8-9,12H,4-5,7,10-11,15H2,1-3H3. The molecule has 0 radical (unpaired) electrons. The van der Waals surface area contributed by atoms with Crippen LogP contribution in [0, 0.1) is 0 Å². The Morgan fingerprint density at radius 3 is 2.42 bits per heavy atom. The Labute approximate surface area is 117 Å². The molecule has 0 saturated carbocycles. The largest absolute Gasteiger partial charge is 0.494 e. The molecule has 0 spiro atoms. The van der Waals surface area contributed by atoms with Crippen molar-refractivity contribution in [2.75, 3.05) is 25.6 Å². The molecular formula is C14H25NO3Si. The molecule has 1 aromatic carbocycles. The van der Waals surface area contributed by atoms with Crippen LogP contribution in [0.4, 0.5) is 5.69 Å². The molecule has 5 heteroatoms. The second-order valence-corrected chi connectivity index (χ2v) is 7.87. The van der Waals surface area contributed by atoms with Gasteiger partial charge in [0, 0.05) is 25.0 Å². The summed E-state index contributed by atoms with van der Waals surface area (Å²) in [5.41, 5.74) is 6.42. The predicted octanol–water partition coefficient (Wildman–Crippen LogP) is 3.18. The van der Waals surface area contributed by atoms with Crippen LogP contribution < -0.4 is 10.5 Å². The summed E-state index contributed by atoms with van der Waals surface area (Å²) in [6.45, 7) is 8.20. The summed E-state index contributed by atoms with van der Waals surface area (Å²) in [4.78, 5) is 0. The van der Waals surface area contributed by atoms with Crippen molar-refractivity contribution < 1.29 is 13.6 Å². The number of nitrogens with two attached hydrogens (primary N) is 1. The minimum Gasteiger partial charge on any atom is -0.494 e. The van der Waals surface area contributed by atoms with Gasteiger partial charge in [-0.2, -0.15) is 0 Å². The van der Waals surface area contributed by atoms with Gasteiger partial charge in [-0.15, -0.1) is 0 Å². The number of benzene rings is 1. The van der Waals surface area contributed by atoms with E-state index >= 15 is 0 Å². The maximum Gasteiger partial charge on any atom is 0.335 e. The highest BCUT2D eigenvalue weighted by atomic mass is 28.4. The van der Waals surface area contributed by atoms with Crippen LogP contribution in [0.3, 0.4) is 0 Å². The van der Waals surface area contributed by atoms with Gasteiger partial charge in [-0.1, -0.05) is 6.07 Å². The van der Waals surface area contributed by atoms with E-state index in [-0.39, 0.29) is 0 Å². The van der Waals surface area contributed by atoms with Gasteiger partial charge in [0.15, 0.2) is 0 Å². The Balaban J connectivity index is 2.32. The van der Waals surface area contributed by atoms with Gasteiger partial charge in [-0.25, -0.2) is 0 Å². The van der Waals surface area contributed by atoms with Crippen LogP contribution in [-0.4, -0.2) is 28.4 Å². The van der Waals surface area contributed by atoms with Crippen molar-refractivity contribution in [2.45, 2.75) is 32.9 Å². The van der Waals surface area contributed by atoms with Crippen LogP contribution in [0.2, 0.25) is 12.6 Å². The monoisotopic (exact) mass is 283 g/mol. The van der Waals surface area contributed by atoms with E-state index in [1.54, 1.807) is 0 Å². The van der Waals surface area contributed by atoms with Crippen molar-refractivity contribution in [3.8, 4) is 5.75 Å². The minimum absolute atomic E-state index is 0.659. The number of rotatable bonds is 9. The lowest BCUT2D eigenvalue weighted by Crippen LogP contribution is -2.38. The van der Waals surface area contributed by atoms with E-state index in [9.17, 15) is 0 Å². The fraction of sp³-hybridized carbons (Fsp3) is 0.571. The molecule has 2 N–H and O–H groups in total. The fourth-order valence-corrected chi connectivity index (χ4v) is 4.36. The third kappa shape index (κ3) is 6.09. The first kappa shape index (κ1) is 16.0. The highest BCUT2D eigenvalue weighted by Crippen LogP contribution is 2.18. The summed E-state index contributed by atoms with van der Waals surface area (Å²) in [5, 5.41) is 0. The number of nitrogen functional groups attached to an aromatic ring is 1. The second-order valence-electron chi connectivity index (χ2n) is 4.52. The molecule has 0 bridgehead atoms. The van der Waals surface area contributed by atoms with Crippen LogP contribution in [0.15, 0.2) is 24.3 Å². The molecule has 0 aliphatic rings. The Morgan fingerprint density at radius 1 is 1.16 bits per heavy atom. The van der Waals surface area contributed by atoms with E-state index in [1.165, 1.54) is 0 Å². The molecule has 0 unspecified atom stereocenters. The Morgan fingerprint density at radius 2 is 1.84 bits per heavy atom.